The maximum atomic E-state index is 13.7. The van der Waals surface area contributed by atoms with Gasteiger partial charge in [-0.2, -0.15) is 0 Å². The predicted molar refractivity (Wildman–Crippen MR) is 87.4 cm³/mol. The van der Waals surface area contributed by atoms with Gasteiger partial charge in [0.1, 0.15) is 4.88 Å². The summed E-state index contributed by atoms with van der Waals surface area (Å²) in [6.45, 7) is 0. The van der Waals surface area contributed by atoms with Crippen LogP contribution >= 0.6 is 11.3 Å². The summed E-state index contributed by atoms with van der Waals surface area (Å²) in [7, 11) is 1.27. The van der Waals surface area contributed by atoms with Crippen molar-refractivity contribution < 1.29 is 27.5 Å². The number of amides is 1. The molecule has 0 bridgehead atoms. The third kappa shape index (κ3) is 3.20. The molecule has 1 N–H and O–H groups in total. The Kier molecular flexibility index (Phi) is 4.45. The molecule has 25 heavy (non-hydrogen) atoms. The number of fused-ring (bicyclic) bond motifs is 1. The molecule has 0 saturated heterocycles. The summed E-state index contributed by atoms with van der Waals surface area (Å²) in [5.41, 5.74) is -0.296. The SMILES string of the molecule is COC(=O)c1cc2cc(NC(=O)c3ccc(F)c(F)c3F)ccc2s1. The normalized spacial score (nSPS) is 10.7. The van der Waals surface area contributed by atoms with E-state index in [0.717, 1.165) is 10.8 Å². The predicted octanol–water partition coefficient (Wildman–Crippen LogP) is 4.36. The van der Waals surface area contributed by atoms with Crippen molar-refractivity contribution in [3.63, 3.8) is 0 Å². The Morgan fingerprint density at radius 2 is 1.80 bits per heavy atom. The Balaban J connectivity index is 1.89. The minimum absolute atomic E-state index is 0.316. The fraction of sp³-hybridized carbons (Fsp3) is 0.0588. The topological polar surface area (TPSA) is 55.4 Å². The second kappa shape index (κ2) is 6.56. The number of hydrogen-bond donors (Lipinski definition) is 1. The Hall–Kier alpha value is -2.87. The lowest BCUT2D eigenvalue weighted by Gasteiger charge is -2.07. The van der Waals surface area contributed by atoms with Crippen LogP contribution in [0.1, 0.15) is 20.0 Å². The first-order valence-electron chi connectivity index (χ1n) is 6.97. The molecule has 8 heteroatoms. The van der Waals surface area contributed by atoms with Gasteiger partial charge in [-0.05, 0) is 41.8 Å². The van der Waals surface area contributed by atoms with Gasteiger partial charge in [-0.25, -0.2) is 18.0 Å². The van der Waals surface area contributed by atoms with Crippen LogP contribution in [0.4, 0.5) is 18.9 Å². The van der Waals surface area contributed by atoms with Crippen LogP contribution in [0.3, 0.4) is 0 Å². The highest BCUT2D eigenvalue weighted by Crippen LogP contribution is 2.29. The van der Waals surface area contributed by atoms with Gasteiger partial charge in [0.2, 0.25) is 0 Å². The van der Waals surface area contributed by atoms with Crippen molar-refractivity contribution in [2.75, 3.05) is 12.4 Å². The van der Waals surface area contributed by atoms with Crippen molar-refractivity contribution in [3.05, 3.63) is 64.3 Å². The van der Waals surface area contributed by atoms with Crippen molar-refractivity contribution in [1.82, 2.24) is 0 Å². The molecule has 128 valence electrons. The molecule has 1 aromatic heterocycles. The number of anilines is 1. The van der Waals surface area contributed by atoms with Gasteiger partial charge < -0.3 is 10.1 Å². The van der Waals surface area contributed by atoms with E-state index >= 15 is 0 Å². The minimum atomic E-state index is -1.70. The third-order valence-corrected chi connectivity index (χ3v) is 4.54. The summed E-state index contributed by atoms with van der Waals surface area (Å²) in [5.74, 6) is -6.02. The number of methoxy groups -OCH3 is 1. The van der Waals surface area contributed by atoms with Crippen molar-refractivity contribution in [3.8, 4) is 0 Å². The number of ether oxygens (including phenoxy) is 1. The molecule has 0 aliphatic heterocycles. The number of carbonyl (C=O) groups excluding carboxylic acids is 2. The van der Waals surface area contributed by atoms with E-state index in [1.165, 1.54) is 18.4 Å². The molecular formula is C17H10F3NO3S. The molecule has 0 unspecified atom stereocenters. The van der Waals surface area contributed by atoms with E-state index < -0.39 is 34.9 Å². The molecule has 4 nitrogen and oxygen atoms in total. The van der Waals surface area contributed by atoms with Gasteiger partial charge in [0.25, 0.3) is 5.91 Å². The van der Waals surface area contributed by atoms with Gasteiger partial charge in [0, 0.05) is 10.4 Å². The zero-order valence-corrected chi connectivity index (χ0v) is 13.5. The number of nitrogens with one attached hydrogen (secondary N) is 1. The minimum Gasteiger partial charge on any atom is -0.465 e. The number of halogens is 3. The summed E-state index contributed by atoms with van der Waals surface area (Å²) in [6, 6.07) is 7.94. The highest BCUT2D eigenvalue weighted by molar-refractivity contribution is 7.20. The highest BCUT2D eigenvalue weighted by Gasteiger charge is 2.19. The van der Waals surface area contributed by atoms with Crippen molar-refractivity contribution >= 4 is 39.0 Å². The van der Waals surface area contributed by atoms with Gasteiger partial charge in [0.05, 0.1) is 12.7 Å². The lowest BCUT2D eigenvalue weighted by atomic mass is 10.1. The van der Waals surface area contributed by atoms with Crippen LogP contribution in [-0.2, 0) is 4.74 Å². The molecule has 0 aliphatic carbocycles. The number of rotatable bonds is 3. The summed E-state index contributed by atoms with van der Waals surface area (Å²) >= 11 is 1.22. The van der Waals surface area contributed by atoms with Gasteiger partial charge in [0.15, 0.2) is 17.5 Å². The first-order valence-corrected chi connectivity index (χ1v) is 7.79. The van der Waals surface area contributed by atoms with Crippen LogP contribution in [0.2, 0.25) is 0 Å². The average Bonchev–Trinajstić information content (AvgIpc) is 3.02. The monoisotopic (exact) mass is 365 g/mol. The zero-order chi connectivity index (χ0) is 18.1. The quantitative estimate of drug-likeness (QED) is 0.554. The largest absolute Gasteiger partial charge is 0.465 e. The van der Waals surface area contributed by atoms with Gasteiger partial charge >= 0.3 is 5.97 Å². The van der Waals surface area contributed by atoms with Crippen LogP contribution in [0.15, 0.2) is 36.4 Å². The summed E-state index contributed by atoms with van der Waals surface area (Å²) in [5, 5.41) is 3.09. The van der Waals surface area contributed by atoms with E-state index in [2.05, 4.69) is 10.1 Å². The smallest absolute Gasteiger partial charge is 0.348 e. The van der Waals surface area contributed by atoms with E-state index in [1.807, 2.05) is 0 Å². The standard InChI is InChI=1S/C17H10F3NO3S/c1-24-17(23)13-7-8-6-9(2-5-12(8)25-13)21-16(22)10-3-4-11(18)15(20)14(10)19/h2-7H,1H3,(H,21,22). The van der Waals surface area contributed by atoms with E-state index in [1.54, 1.807) is 24.3 Å². The van der Waals surface area contributed by atoms with Crippen LogP contribution in [0, 0.1) is 17.5 Å². The Morgan fingerprint density at radius 1 is 1.04 bits per heavy atom. The molecule has 0 spiro atoms. The van der Waals surface area contributed by atoms with Gasteiger partial charge in [-0.15, -0.1) is 11.3 Å². The number of carbonyl (C=O) groups is 2. The molecule has 3 rings (SSSR count). The molecule has 0 fully saturated rings. The van der Waals surface area contributed by atoms with Crippen LogP contribution in [0.5, 0.6) is 0 Å². The first-order chi connectivity index (χ1) is 11.9. The molecular weight excluding hydrogens is 355 g/mol. The Morgan fingerprint density at radius 3 is 2.52 bits per heavy atom. The van der Waals surface area contributed by atoms with Crippen LogP contribution in [-0.4, -0.2) is 19.0 Å². The molecule has 0 radical (unpaired) electrons. The zero-order valence-electron chi connectivity index (χ0n) is 12.7. The van der Waals surface area contributed by atoms with E-state index in [4.69, 9.17) is 0 Å². The van der Waals surface area contributed by atoms with E-state index in [9.17, 15) is 22.8 Å². The number of thiophene rings is 1. The highest BCUT2D eigenvalue weighted by atomic mass is 32.1. The number of hydrogen-bond acceptors (Lipinski definition) is 4. The molecule has 0 aliphatic rings. The third-order valence-electron chi connectivity index (χ3n) is 3.44. The van der Waals surface area contributed by atoms with Crippen LogP contribution in [0.25, 0.3) is 10.1 Å². The number of benzene rings is 2. The lowest BCUT2D eigenvalue weighted by Crippen LogP contribution is -2.15. The second-order valence-corrected chi connectivity index (χ2v) is 6.12. The average molecular weight is 365 g/mol. The first kappa shape index (κ1) is 17.0. The second-order valence-electron chi connectivity index (χ2n) is 5.03. The fourth-order valence-electron chi connectivity index (χ4n) is 2.22. The Bertz CT molecular complexity index is 1000. The van der Waals surface area contributed by atoms with E-state index in [-0.39, 0.29) is 0 Å². The van der Waals surface area contributed by atoms with Crippen molar-refractivity contribution in [1.29, 1.82) is 0 Å². The molecule has 0 saturated carbocycles. The molecule has 1 heterocycles. The van der Waals surface area contributed by atoms with Crippen molar-refractivity contribution in [2.45, 2.75) is 0 Å². The fourth-order valence-corrected chi connectivity index (χ4v) is 3.18. The number of esters is 1. The van der Waals surface area contributed by atoms with Gasteiger partial charge in [-0.1, -0.05) is 0 Å². The molecule has 2 aromatic carbocycles. The van der Waals surface area contributed by atoms with Crippen LogP contribution < -0.4 is 5.32 Å². The molecule has 3 aromatic rings. The maximum Gasteiger partial charge on any atom is 0.348 e. The van der Waals surface area contributed by atoms with Gasteiger partial charge in [-0.3, -0.25) is 4.79 Å². The lowest BCUT2D eigenvalue weighted by molar-refractivity contribution is 0.0606. The van der Waals surface area contributed by atoms with Crippen molar-refractivity contribution in [2.24, 2.45) is 0 Å². The van der Waals surface area contributed by atoms with E-state index in [0.29, 0.717) is 22.0 Å². The molecule has 1 amide bonds. The maximum absolute atomic E-state index is 13.7. The summed E-state index contributed by atoms with van der Waals surface area (Å²) in [4.78, 5) is 24.0. The summed E-state index contributed by atoms with van der Waals surface area (Å²) in [6.07, 6.45) is 0. The Labute approximate surface area is 143 Å². The molecule has 0 atom stereocenters. The summed E-state index contributed by atoms with van der Waals surface area (Å²) < 4.78 is 45.3.